The first-order valence-electron chi connectivity index (χ1n) is 7.32. The van der Waals surface area contributed by atoms with Gasteiger partial charge in [-0.05, 0) is 38.5 Å². The number of hydrogen-bond donors (Lipinski definition) is 3. The smallest absolute Gasteiger partial charge is 0.342 e. The number of benzene rings is 2. The highest BCUT2D eigenvalue weighted by atomic mass is 16.5. The molecule has 0 aliphatic carbocycles. The van der Waals surface area contributed by atoms with Gasteiger partial charge in [0, 0.05) is 11.1 Å². The SMILES string of the molecule is COC(=O)c1c(C)c(Oc2cc(C)cc(O)c2C=O)c(O)c(C)c1O. The van der Waals surface area contributed by atoms with E-state index in [-0.39, 0.29) is 45.3 Å². The molecule has 3 N–H and O–H groups in total. The number of ether oxygens (including phenoxy) is 2. The molecule has 0 heterocycles. The fourth-order valence-electron chi connectivity index (χ4n) is 2.47. The fourth-order valence-corrected chi connectivity index (χ4v) is 2.47. The second-order valence-electron chi connectivity index (χ2n) is 5.56. The van der Waals surface area contributed by atoms with Crippen molar-refractivity contribution in [2.24, 2.45) is 0 Å². The molecule has 0 spiro atoms. The van der Waals surface area contributed by atoms with Crippen molar-refractivity contribution in [3.63, 3.8) is 0 Å². The van der Waals surface area contributed by atoms with Gasteiger partial charge in [-0.1, -0.05) is 0 Å². The van der Waals surface area contributed by atoms with Gasteiger partial charge in [-0.15, -0.1) is 0 Å². The van der Waals surface area contributed by atoms with Gasteiger partial charge in [0.25, 0.3) is 0 Å². The Bertz CT molecular complexity index is 869. The number of aryl methyl sites for hydroxylation is 1. The molecule has 0 amide bonds. The van der Waals surface area contributed by atoms with E-state index in [9.17, 15) is 24.9 Å². The summed E-state index contributed by atoms with van der Waals surface area (Å²) >= 11 is 0. The van der Waals surface area contributed by atoms with E-state index in [1.807, 2.05) is 0 Å². The summed E-state index contributed by atoms with van der Waals surface area (Å²) < 4.78 is 10.3. The highest BCUT2D eigenvalue weighted by Gasteiger charge is 2.26. The van der Waals surface area contributed by atoms with Gasteiger partial charge in [-0.25, -0.2) is 4.79 Å². The number of aromatic hydroxyl groups is 3. The largest absolute Gasteiger partial charge is 0.507 e. The number of hydrogen-bond acceptors (Lipinski definition) is 7. The molecule has 2 rings (SSSR count). The van der Waals surface area contributed by atoms with Crippen LogP contribution >= 0.6 is 0 Å². The minimum Gasteiger partial charge on any atom is -0.507 e. The van der Waals surface area contributed by atoms with Gasteiger partial charge < -0.3 is 24.8 Å². The Kier molecular flexibility index (Phi) is 4.87. The molecular formula is C18H18O7. The number of phenolic OH excluding ortho intramolecular Hbond substituents is 3. The lowest BCUT2D eigenvalue weighted by Gasteiger charge is -2.18. The summed E-state index contributed by atoms with van der Waals surface area (Å²) in [5, 5.41) is 30.3. The molecule has 0 atom stereocenters. The predicted octanol–water partition coefficient (Wildman–Crippen LogP) is 3.12. The van der Waals surface area contributed by atoms with Crippen LogP contribution in [0.15, 0.2) is 12.1 Å². The number of phenols is 3. The molecule has 0 aliphatic heterocycles. The standard InChI is InChI=1S/C18H18O7/c1-8-5-12(20)11(7-19)13(6-8)25-17-9(2)14(18(23)24-4)15(21)10(3)16(17)22/h5-7,20-22H,1-4H3. The Morgan fingerprint density at radius 1 is 1.04 bits per heavy atom. The molecular weight excluding hydrogens is 328 g/mol. The molecule has 0 fully saturated rings. The Hall–Kier alpha value is -3.22. The minimum absolute atomic E-state index is 0.00630. The van der Waals surface area contributed by atoms with Gasteiger partial charge in [-0.2, -0.15) is 0 Å². The number of esters is 1. The maximum absolute atomic E-state index is 11.9. The molecule has 25 heavy (non-hydrogen) atoms. The van der Waals surface area contributed by atoms with Crippen molar-refractivity contribution in [2.45, 2.75) is 20.8 Å². The van der Waals surface area contributed by atoms with Gasteiger partial charge in [0.15, 0.2) is 17.8 Å². The summed E-state index contributed by atoms with van der Waals surface area (Å²) in [7, 11) is 1.16. The highest BCUT2D eigenvalue weighted by molar-refractivity contribution is 5.96. The average molecular weight is 346 g/mol. The van der Waals surface area contributed by atoms with Crippen LogP contribution in [0.2, 0.25) is 0 Å². The average Bonchev–Trinajstić information content (AvgIpc) is 2.56. The quantitative estimate of drug-likeness (QED) is 0.576. The molecule has 0 saturated heterocycles. The summed E-state index contributed by atoms with van der Waals surface area (Å²) in [4.78, 5) is 23.2. The van der Waals surface area contributed by atoms with E-state index in [2.05, 4.69) is 4.74 Å². The third-order valence-corrected chi connectivity index (χ3v) is 3.86. The highest BCUT2D eigenvalue weighted by Crippen LogP contribution is 2.45. The maximum Gasteiger partial charge on any atom is 0.342 e. The van der Waals surface area contributed by atoms with Crippen LogP contribution in [0.25, 0.3) is 0 Å². The topological polar surface area (TPSA) is 113 Å². The first kappa shape index (κ1) is 18.1. The first-order chi connectivity index (χ1) is 11.7. The zero-order valence-electron chi connectivity index (χ0n) is 14.2. The molecule has 0 aliphatic rings. The van der Waals surface area contributed by atoms with Crippen LogP contribution in [-0.2, 0) is 4.74 Å². The molecule has 0 unspecified atom stereocenters. The summed E-state index contributed by atoms with van der Waals surface area (Å²) in [5.74, 6) is -2.00. The molecule has 2 aromatic carbocycles. The minimum atomic E-state index is -0.800. The molecule has 0 saturated carbocycles. The number of aldehydes is 1. The number of methoxy groups -OCH3 is 1. The van der Waals surface area contributed by atoms with E-state index in [0.717, 1.165) is 7.11 Å². The zero-order valence-corrected chi connectivity index (χ0v) is 14.2. The van der Waals surface area contributed by atoms with Gasteiger partial charge in [-0.3, -0.25) is 4.79 Å². The number of rotatable bonds is 4. The molecule has 132 valence electrons. The van der Waals surface area contributed by atoms with E-state index < -0.39 is 11.7 Å². The Balaban J connectivity index is 2.71. The van der Waals surface area contributed by atoms with E-state index in [4.69, 9.17) is 4.74 Å². The third-order valence-electron chi connectivity index (χ3n) is 3.86. The Morgan fingerprint density at radius 3 is 2.24 bits per heavy atom. The maximum atomic E-state index is 11.9. The van der Waals surface area contributed by atoms with E-state index in [0.29, 0.717) is 11.8 Å². The van der Waals surface area contributed by atoms with Crippen molar-refractivity contribution in [2.75, 3.05) is 7.11 Å². The molecule has 7 nitrogen and oxygen atoms in total. The number of carbonyl (C=O) groups excluding carboxylic acids is 2. The Morgan fingerprint density at radius 2 is 1.68 bits per heavy atom. The lowest BCUT2D eigenvalue weighted by atomic mass is 10.0. The van der Waals surface area contributed by atoms with Crippen molar-refractivity contribution in [3.8, 4) is 28.7 Å². The summed E-state index contributed by atoms with van der Waals surface area (Å²) in [6.45, 7) is 4.55. The second-order valence-corrected chi connectivity index (χ2v) is 5.56. The summed E-state index contributed by atoms with van der Waals surface area (Å²) in [6.07, 6.45) is 0.422. The molecule has 0 bridgehead atoms. The van der Waals surface area contributed by atoms with Crippen molar-refractivity contribution in [3.05, 3.63) is 39.9 Å². The van der Waals surface area contributed by atoms with Crippen LogP contribution in [0, 0.1) is 20.8 Å². The molecule has 0 radical (unpaired) electrons. The van der Waals surface area contributed by atoms with Crippen LogP contribution in [-0.4, -0.2) is 34.7 Å². The van der Waals surface area contributed by atoms with Crippen molar-refractivity contribution < 1.29 is 34.4 Å². The molecule has 0 aromatic heterocycles. The molecule has 7 heteroatoms. The second kappa shape index (κ2) is 6.72. The van der Waals surface area contributed by atoms with Crippen LogP contribution in [0.3, 0.4) is 0 Å². The fraction of sp³-hybridized carbons (Fsp3) is 0.222. The normalized spacial score (nSPS) is 10.4. The van der Waals surface area contributed by atoms with Gasteiger partial charge >= 0.3 is 5.97 Å². The molecule has 2 aromatic rings. The van der Waals surface area contributed by atoms with Crippen molar-refractivity contribution in [1.29, 1.82) is 0 Å². The van der Waals surface area contributed by atoms with Crippen LogP contribution in [0.4, 0.5) is 0 Å². The van der Waals surface area contributed by atoms with Crippen LogP contribution in [0.5, 0.6) is 28.7 Å². The van der Waals surface area contributed by atoms with E-state index in [1.165, 1.54) is 26.0 Å². The van der Waals surface area contributed by atoms with Crippen molar-refractivity contribution in [1.82, 2.24) is 0 Å². The van der Waals surface area contributed by atoms with Crippen LogP contribution in [0.1, 0.15) is 37.4 Å². The van der Waals surface area contributed by atoms with Gasteiger partial charge in [0.2, 0.25) is 0 Å². The van der Waals surface area contributed by atoms with E-state index >= 15 is 0 Å². The number of carbonyl (C=O) groups is 2. The monoisotopic (exact) mass is 346 g/mol. The predicted molar refractivity (Wildman–Crippen MR) is 88.9 cm³/mol. The lowest BCUT2D eigenvalue weighted by Crippen LogP contribution is -2.07. The van der Waals surface area contributed by atoms with E-state index in [1.54, 1.807) is 6.92 Å². The van der Waals surface area contributed by atoms with Gasteiger partial charge in [0.05, 0.1) is 12.7 Å². The van der Waals surface area contributed by atoms with Crippen LogP contribution < -0.4 is 4.74 Å². The lowest BCUT2D eigenvalue weighted by molar-refractivity contribution is 0.0595. The summed E-state index contributed by atoms with van der Waals surface area (Å²) in [5.41, 5.74) is 0.516. The Labute approximate surface area is 144 Å². The van der Waals surface area contributed by atoms with Crippen molar-refractivity contribution >= 4 is 12.3 Å². The zero-order chi connectivity index (χ0) is 18.9. The summed E-state index contributed by atoms with van der Waals surface area (Å²) in [6, 6.07) is 2.90. The first-order valence-corrected chi connectivity index (χ1v) is 7.32. The third kappa shape index (κ3) is 3.08. The van der Waals surface area contributed by atoms with Gasteiger partial charge in [0.1, 0.15) is 22.8 Å².